The van der Waals surface area contributed by atoms with Crippen molar-refractivity contribution in [2.45, 2.75) is 12.6 Å². The topological polar surface area (TPSA) is 58.1 Å². The first-order chi connectivity index (χ1) is 13.1. The predicted octanol–water partition coefficient (Wildman–Crippen LogP) is 3.29. The van der Waals surface area contributed by atoms with Gasteiger partial charge in [0.15, 0.2) is 5.96 Å². The highest BCUT2D eigenvalue weighted by molar-refractivity contribution is 14.0. The number of likely N-dealkylation sites (N-methyl/N-ethyl adjacent to an activating group) is 1. The van der Waals surface area contributed by atoms with Crippen LogP contribution in [0.5, 0.6) is 11.5 Å². The van der Waals surface area contributed by atoms with E-state index in [4.69, 9.17) is 9.47 Å². The second-order valence-corrected chi connectivity index (χ2v) is 6.41. The number of benzene rings is 2. The summed E-state index contributed by atoms with van der Waals surface area (Å²) < 4.78 is 10.5. The number of guanidine groups is 1. The van der Waals surface area contributed by atoms with E-state index in [1.54, 1.807) is 21.3 Å². The third kappa shape index (κ3) is 7.20. The molecule has 0 amide bonds. The zero-order valence-corrected chi connectivity index (χ0v) is 19.6. The minimum Gasteiger partial charge on any atom is -0.497 e. The summed E-state index contributed by atoms with van der Waals surface area (Å²) >= 11 is 0. The van der Waals surface area contributed by atoms with E-state index < -0.39 is 0 Å². The number of nitrogens with one attached hydrogen (secondary N) is 2. The molecule has 2 aromatic carbocycles. The lowest BCUT2D eigenvalue weighted by molar-refractivity contribution is 0.298. The molecule has 0 heterocycles. The fourth-order valence-corrected chi connectivity index (χ4v) is 2.81. The molecular weight excluding hydrogens is 467 g/mol. The van der Waals surface area contributed by atoms with Crippen LogP contribution in [-0.4, -0.2) is 52.8 Å². The van der Waals surface area contributed by atoms with Crippen molar-refractivity contribution in [1.29, 1.82) is 0 Å². The van der Waals surface area contributed by atoms with Crippen molar-refractivity contribution in [3.8, 4) is 11.5 Å². The van der Waals surface area contributed by atoms with Crippen LogP contribution in [0, 0.1) is 0 Å². The Morgan fingerprint density at radius 2 is 1.68 bits per heavy atom. The quantitative estimate of drug-likeness (QED) is 0.333. The van der Waals surface area contributed by atoms with Gasteiger partial charge in [0.1, 0.15) is 11.5 Å². The first kappa shape index (κ1) is 24.0. The van der Waals surface area contributed by atoms with Gasteiger partial charge in [-0.1, -0.05) is 24.3 Å². The van der Waals surface area contributed by atoms with Crippen molar-refractivity contribution in [2.75, 3.05) is 41.9 Å². The fourth-order valence-electron chi connectivity index (χ4n) is 2.81. The molecule has 0 aromatic heterocycles. The Labute approximate surface area is 185 Å². The van der Waals surface area contributed by atoms with Crippen LogP contribution in [0.1, 0.15) is 17.2 Å². The molecule has 0 aliphatic carbocycles. The number of aliphatic imine (C=N–C) groups is 1. The summed E-state index contributed by atoms with van der Waals surface area (Å²) in [7, 11) is 9.27. The lowest BCUT2D eigenvalue weighted by Crippen LogP contribution is -2.41. The number of methoxy groups -OCH3 is 2. The van der Waals surface area contributed by atoms with Crippen LogP contribution < -0.4 is 20.1 Å². The minimum atomic E-state index is 0. The van der Waals surface area contributed by atoms with E-state index in [2.05, 4.69) is 52.8 Å². The molecule has 0 fully saturated rings. The summed E-state index contributed by atoms with van der Waals surface area (Å²) in [5.41, 5.74) is 2.35. The van der Waals surface area contributed by atoms with Gasteiger partial charge in [0.2, 0.25) is 0 Å². The number of halogens is 1. The molecule has 6 nitrogen and oxygen atoms in total. The molecule has 2 N–H and O–H groups in total. The summed E-state index contributed by atoms with van der Waals surface area (Å²) in [6.45, 7) is 1.41. The lowest BCUT2D eigenvalue weighted by Gasteiger charge is -2.26. The minimum absolute atomic E-state index is 0. The van der Waals surface area contributed by atoms with Crippen LogP contribution in [-0.2, 0) is 6.54 Å². The van der Waals surface area contributed by atoms with E-state index >= 15 is 0 Å². The maximum atomic E-state index is 5.27. The smallest absolute Gasteiger partial charge is 0.191 e. The first-order valence-corrected chi connectivity index (χ1v) is 8.95. The second-order valence-electron chi connectivity index (χ2n) is 6.41. The van der Waals surface area contributed by atoms with Gasteiger partial charge in [0.25, 0.3) is 0 Å². The molecule has 1 atom stereocenters. The number of rotatable bonds is 8. The summed E-state index contributed by atoms with van der Waals surface area (Å²) in [5.74, 6) is 2.47. The van der Waals surface area contributed by atoms with Crippen LogP contribution >= 0.6 is 24.0 Å². The molecule has 0 radical (unpaired) electrons. The number of hydrogen-bond donors (Lipinski definition) is 2. The molecule has 154 valence electrons. The van der Waals surface area contributed by atoms with Gasteiger partial charge < -0.3 is 25.0 Å². The largest absolute Gasteiger partial charge is 0.497 e. The van der Waals surface area contributed by atoms with Gasteiger partial charge >= 0.3 is 0 Å². The molecule has 0 saturated carbocycles. The molecule has 2 aromatic rings. The van der Waals surface area contributed by atoms with Gasteiger partial charge in [0.05, 0.1) is 20.3 Å². The van der Waals surface area contributed by atoms with E-state index in [0.29, 0.717) is 6.54 Å². The van der Waals surface area contributed by atoms with Crippen molar-refractivity contribution >= 4 is 29.9 Å². The van der Waals surface area contributed by atoms with E-state index in [1.165, 1.54) is 5.56 Å². The molecule has 1 unspecified atom stereocenters. The van der Waals surface area contributed by atoms with E-state index in [0.717, 1.165) is 29.6 Å². The molecule has 0 spiro atoms. The predicted molar refractivity (Wildman–Crippen MR) is 126 cm³/mol. The first-order valence-electron chi connectivity index (χ1n) is 8.95. The van der Waals surface area contributed by atoms with Crippen LogP contribution in [0.25, 0.3) is 0 Å². The molecule has 0 aliphatic heterocycles. The Hall–Kier alpha value is -2.00. The van der Waals surface area contributed by atoms with Gasteiger partial charge in [-0.25, -0.2) is 0 Å². The monoisotopic (exact) mass is 498 g/mol. The maximum Gasteiger partial charge on any atom is 0.191 e. The zero-order valence-electron chi connectivity index (χ0n) is 17.2. The normalized spacial score (nSPS) is 12.1. The third-order valence-electron chi connectivity index (χ3n) is 4.40. The summed E-state index contributed by atoms with van der Waals surface area (Å²) in [4.78, 5) is 6.51. The van der Waals surface area contributed by atoms with Gasteiger partial charge in [-0.05, 0) is 49.5 Å². The molecule has 0 bridgehead atoms. The van der Waals surface area contributed by atoms with Gasteiger partial charge in [-0.2, -0.15) is 0 Å². The van der Waals surface area contributed by atoms with Crippen molar-refractivity contribution in [1.82, 2.24) is 15.5 Å². The average molecular weight is 498 g/mol. The summed E-state index contributed by atoms with van der Waals surface area (Å²) in [5, 5.41) is 6.76. The standard InChI is InChI=1S/C21H30N4O2.HI/c1-22-21(23-14-16-7-6-8-19(13-16)27-5)24-15-20(25(2)3)17-9-11-18(26-4)12-10-17;/h6-13,20H,14-15H2,1-5H3,(H2,22,23,24);1H. The zero-order chi connectivity index (χ0) is 19.6. The highest BCUT2D eigenvalue weighted by atomic mass is 127. The van der Waals surface area contributed by atoms with Crippen molar-refractivity contribution < 1.29 is 9.47 Å². The molecular formula is C21H31IN4O2. The number of nitrogens with zero attached hydrogens (tertiary/aromatic N) is 2. The second kappa shape index (κ2) is 12.5. The van der Waals surface area contributed by atoms with Crippen molar-refractivity contribution in [3.63, 3.8) is 0 Å². The average Bonchev–Trinajstić information content (AvgIpc) is 2.70. The molecule has 7 heteroatoms. The Bertz CT molecular complexity index is 735. The Kier molecular flexibility index (Phi) is 10.7. The van der Waals surface area contributed by atoms with Gasteiger partial charge in [-0.15, -0.1) is 24.0 Å². The maximum absolute atomic E-state index is 5.27. The van der Waals surface area contributed by atoms with Crippen LogP contribution in [0.15, 0.2) is 53.5 Å². The number of ether oxygens (including phenoxy) is 2. The molecule has 28 heavy (non-hydrogen) atoms. The van der Waals surface area contributed by atoms with Crippen molar-refractivity contribution in [2.24, 2.45) is 4.99 Å². The molecule has 0 aliphatic rings. The summed E-state index contributed by atoms with van der Waals surface area (Å²) in [6.07, 6.45) is 0. The SMILES string of the molecule is CN=C(NCc1cccc(OC)c1)NCC(c1ccc(OC)cc1)N(C)C.I. The number of hydrogen-bond acceptors (Lipinski definition) is 4. The van der Waals surface area contributed by atoms with Crippen LogP contribution in [0.4, 0.5) is 0 Å². The van der Waals surface area contributed by atoms with Crippen LogP contribution in [0.2, 0.25) is 0 Å². The Morgan fingerprint density at radius 3 is 2.25 bits per heavy atom. The van der Waals surface area contributed by atoms with E-state index in [1.807, 2.05) is 30.3 Å². The van der Waals surface area contributed by atoms with Gasteiger partial charge in [-0.3, -0.25) is 4.99 Å². The Morgan fingerprint density at radius 1 is 1.00 bits per heavy atom. The van der Waals surface area contributed by atoms with E-state index in [-0.39, 0.29) is 30.0 Å². The van der Waals surface area contributed by atoms with Crippen molar-refractivity contribution in [3.05, 3.63) is 59.7 Å². The molecule has 2 rings (SSSR count). The summed E-state index contributed by atoms with van der Waals surface area (Å²) in [6, 6.07) is 16.4. The highest BCUT2D eigenvalue weighted by Crippen LogP contribution is 2.20. The lowest BCUT2D eigenvalue weighted by atomic mass is 10.1. The Balaban J connectivity index is 0.00000392. The molecule has 0 saturated heterocycles. The fraction of sp³-hybridized carbons (Fsp3) is 0.381. The highest BCUT2D eigenvalue weighted by Gasteiger charge is 2.14. The van der Waals surface area contributed by atoms with Gasteiger partial charge in [0, 0.05) is 20.1 Å². The van der Waals surface area contributed by atoms with Crippen LogP contribution in [0.3, 0.4) is 0 Å². The third-order valence-corrected chi connectivity index (χ3v) is 4.40. The van der Waals surface area contributed by atoms with E-state index in [9.17, 15) is 0 Å².